The van der Waals surface area contributed by atoms with Crippen LogP contribution in [0.5, 0.6) is 0 Å². The first-order valence-corrected chi connectivity index (χ1v) is 2.93. The summed E-state index contributed by atoms with van der Waals surface area (Å²) in [5.74, 6) is 0. The average Bonchev–Trinajstić information content (AvgIpc) is 1.21. The second-order valence-electron chi connectivity index (χ2n) is 0.848. The summed E-state index contributed by atoms with van der Waals surface area (Å²) in [7, 11) is -4.82. The molecule has 0 unspecified atom stereocenters. The monoisotopic (exact) mass is 206 g/mol. The second kappa shape index (κ2) is 7.69. The number of carboxylic acid groups (broad SMARTS) is 1. The van der Waals surface area contributed by atoms with E-state index in [0.29, 0.717) is 0 Å². The molecule has 0 spiro atoms. The normalized spacial score (nSPS) is 8.60. The molecule has 0 radical (unpaired) electrons. The van der Waals surface area contributed by atoms with Gasteiger partial charge in [-0.25, -0.2) is 9.36 Å². The molecule has 0 aromatic carbocycles. The molecule has 52 valence electrons. The summed E-state index contributed by atoms with van der Waals surface area (Å²) in [6, 6.07) is 0. The van der Waals surface area contributed by atoms with Crippen molar-refractivity contribution < 1.29 is 113 Å². The van der Waals surface area contributed by atoms with Crippen LogP contribution >= 0.6 is 7.82 Å². The molecular weight excluding hydrogens is 201 g/mol. The number of hydrogen-bond donors (Lipinski definition) is 3. The van der Waals surface area contributed by atoms with Crippen molar-refractivity contribution in [3.05, 3.63) is 0 Å². The van der Waals surface area contributed by atoms with Gasteiger partial charge in [0, 0.05) is 0 Å². The Morgan fingerprint density at radius 2 is 1.80 bits per heavy atom. The molecule has 0 rings (SSSR count). The predicted octanol–water partition coefficient (Wildman–Crippen LogP) is -5.99. The van der Waals surface area contributed by atoms with Crippen LogP contribution < -0.4 is 80.9 Å². The Morgan fingerprint density at radius 3 is 1.80 bits per heavy atom. The maximum absolute atomic E-state index is 9.53. The number of carbonyl (C=O) groups is 1. The van der Waals surface area contributed by atoms with Gasteiger partial charge in [0.05, 0.1) is 0 Å². The molecule has 0 atom stereocenters. The zero-order valence-corrected chi connectivity index (χ0v) is 11.5. The maximum Gasteiger partial charge on any atom is 1.00 e. The summed E-state index contributed by atoms with van der Waals surface area (Å²) >= 11 is 0. The van der Waals surface area contributed by atoms with E-state index in [0.717, 1.165) is 0 Å². The molecule has 0 aromatic rings. The Labute approximate surface area is 124 Å². The molecular formula is CH5KNaO6P. The first-order valence-electron chi connectivity index (χ1n) is 1.40. The maximum atomic E-state index is 9.53. The van der Waals surface area contributed by atoms with Crippen LogP contribution in [0.15, 0.2) is 0 Å². The van der Waals surface area contributed by atoms with Crippen molar-refractivity contribution in [2.24, 2.45) is 0 Å². The van der Waals surface area contributed by atoms with Crippen LogP contribution in [0.25, 0.3) is 0 Å². The van der Waals surface area contributed by atoms with Gasteiger partial charge in [-0.3, -0.25) is 9.79 Å². The third-order valence-electron chi connectivity index (χ3n) is 0.197. The van der Waals surface area contributed by atoms with Crippen molar-refractivity contribution in [3.8, 4) is 0 Å². The molecule has 0 bridgehead atoms. The van der Waals surface area contributed by atoms with E-state index >= 15 is 0 Å². The fraction of sp³-hybridized carbons (Fsp3) is 0. The number of hydrogen-bond acceptors (Lipinski definition) is 3. The van der Waals surface area contributed by atoms with Crippen LogP contribution in [0.3, 0.4) is 0 Å². The average molecular weight is 206 g/mol. The van der Waals surface area contributed by atoms with Crippen molar-refractivity contribution in [2.75, 3.05) is 0 Å². The molecule has 0 aliphatic carbocycles. The van der Waals surface area contributed by atoms with Gasteiger partial charge in [0.2, 0.25) is 0 Å². The summed E-state index contributed by atoms with van der Waals surface area (Å²) in [4.78, 5) is 24.7. The number of phosphoric ester groups is 1. The van der Waals surface area contributed by atoms with Crippen molar-refractivity contribution in [3.63, 3.8) is 0 Å². The smallest absolute Gasteiger partial charge is 1.00 e. The number of phosphoric acid groups is 1. The van der Waals surface area contributed by atoms with E-state index in [-0.39, 0.29) is 83.8 Å². The summed E-state index contributed by atoms with van der Waals surface area (Å²) < 4.78 is 12.6. The Morgan fingerprint density at radius 1 is 1.50 bits per heavy atom. The van der Waals surface area contributed by atoms with Gasteiger partial charge in [-0.15, -0.1) is 0 Å². The van der Waals surface area contributed by atoms with Gasteiger partial charge in [0.1, 0.15) is 0 Å². The van der Waals surface area contributed by atoms with Gasteiger partial charge in [0.15, 0.2) is 0 Å². The summed E-state index contributed by atoms with van der Waals surface area (Å²) in [5.41, 5.74) is 0. The van der Waals surface area contributed by atoms with Gasteiger partial charge in [0.25, 0.3) is 0 Å². The zero-order chi connectivity index (χ0) is 6.78. The first kappa shape index (κ1) is 18.0. The summed E-state index contributed by atoms with van der Waals surface area (Å²) in [6.07, 6.45) is -1.99. The standard InChI is InChI=1S/CH3O6P.K.Na.2H/c2-1(3)7-8(4,5)6;;;;/h(H,2,3)(H2,4,5,6);;;;/q;2*+1;2*-1. The van der Waals surface area contributed by atoms with Crippen LogP contribution in [0.1, 0.15) is 2.85 Å². The molecule has 0 fully saturated rings. The van der Waals surface area contributed by atoms with Crippen molar-refractivity contribution in [2.45, 2.75) is 0 Å². The molecule has 10 heavy (non-hydrogen) atoms. The van der Waals surface area contributed by atoms with E-state index in [1.54, 1.807) is 0 Å². The van der Waals surface area contributed by atoms with Crippen LogP contribution in [-0.4, -0.2) is 21.0 Å². The van der Waals surface area contributed by atoms with E-state index in [4.69, 9.17) is 14.9 Å². The minimum atomic E-state index is -4.82. The Bertz CT molecular complexity index is 148. The van der Waals surface area contributed by atoms with E-state index < -0.39 is 14.0 Å². The topological polar surface area (TPSA) is 104 Å². The van der Waals surface area contributed by atoms with Crippen LogP contribution in [0, 0.1) is 0 Å². The molecule has 0 saturated carbocycles. The van der Waals surface area contributed by atoms with E-state index in [9.17, 15) is 9.36 Å². The van der Waals surface area contributed by atoms with Crippen molar-refractivity contribution in [1.82, 2.24) is 0 Å². The molecule has 0 heterocycles. The first-order chi connectivity index (χ1) is 3.42. The van der Waals surface area contributed by atoms with Gasteiger partial charge in [-0.05, 0) is 0 Å². The molecule has 6 nitrogen and oxygen atoms in total. The molecule has 0 amide bonds. The predicted molar refractivity (Wildman–Crippen MR) is 23.4 cm³/mol. The Balaban J connectivity index is -0.0000000408. The van der Waals surface area contributed by atoms with Crippen LogP contribution in [0.2, 0.25) is 0 Å². The minimum Gasteiger partial charge on any atom is -1.00 e. The Kier molecular flexibility index (Phi) is 13.8. The van der Waals surface area contributed by atoms with Gasteiger partial charge < -0.3 is 12.5 Å². The SMILES string of the molecule is O=C(O)OP(=O)(O)O.[H-].[H-].[K+].[Na+]. The molecule has 9 heteroatoms. The number of rotatable bonds is 1. The molecule has 0 saturated heterocycles. The quantitative estimate of drug-likeness (QED) is 0.291. The van der Waals surface area contributed by atoms with Gasteiger partial charge in [-0.2, -0.15) is 0 Å². The van der Waals surface area contributed by atoms with E-state index in [2.05, 4.69) is 4.52 Å². The fourth-order valence-electron chi connectivity index (χ4n) is 0.102. The summed E-state index contributed by atoms with van der Waals surface area (Å²) in [5, 5.41) is 7.53. The van der Waals surface area contributed by atoms with Gasteiger partial charge in [-0.1, -0.05) is 0 Å². The molecule has 0 aromatic heterocycles. The molecule has 0 aliphatic rings. The van der Waals surface area contributed by atoms with Crippen molar-refractivity contribution in [1.29, 1.82) is 0 Å². The zero-order valence-electron chi connectivity index (χ0n) is 7.51. The van der Waals surface area contributed by atoms with Crippen LogP contribution in [0.4, 0.5) is 4.79 Å². The van der Waals surface area contributed by atoms with E-state index in [1.807, 2.05) is 0 Å². The Hall–Kier alpha value is 2.06. The van der Waals surface area contributed by atoms with Gasteiger partial charge >= 0.3 is 94.9 Å². The summed E-state index contributed by atoms with van der Waals surface area (Å²) in [6.45, 7) is 0. The van der Waals surface area contributed by atoms with E-state index in [1.165, 1.54) is 0 Å². The minimum absolute atomic E-state index is 0. The van der Waals surface area contributed by atoms with Crippen LogP contribution in [-0.2, 0) is 9.09 Å². The van der Waals surface area contributed by atoms with Crippen molar-refractivity contribution >= 4 is 14.0 Å². The second-order valence-corrected chi connectivity index (χ2v) is 2.01. The third kappa shape index (κ3) is 16.6. The largest absolute Gasteiger partial charge is 1.00 e. The fourth-order valence-corrected chi connectivity index (χ4v) is 0.305. The third-order valence-corrected chi connectivity index (χ3v) is 0.591. The molecule has 0 aliphatic heterocycles. The molecule has 3 N–H and O–H groups in total.